The van der Waals surface area contributed by atoms with Gasteiger partial charge in [-0.3, -0.25) is 4.79 Å². The smallest absolute Gasteiger partial charge is 0.231 e. The molecular weight excluding hydrogens is 374 g/mol. The summed E-state index contributed by atoms with van der Waals surface area (Å²) >= 11 is 5.97. The summed E-state index contributed by atoms with van der Waals surface area (Å²) in [5, 5.41) is 0.659. The highest BCUT2D eigenvalue weighted by molar-refractivity contribution is 6.30. The van der Waals surface area contributed by atoms with E-state index in [0.29, 0.717) is 24.0 Å². The molecule has 0 saturated carbocycles. The molecule has 28 heavy (non-hydrogen) atoms. The number of piperazine rings is 1. The lowest BCUT2D eigenvalue weighted by Gasteiger charge is -2.37. The number of hydrogen-bond donors (Lipinski definition) is 1. The van der Waals surface area contributed by atoms with Crippen LogP contribution in [0.5, 0.6) is 0 Å². The number of carbonyl (C=O) groups excluding carboxylic acids is 1. The molecule has 1 amide bonds. The molecule has 2 heterocycles. The van der Waals surface area contributed by atoms with Crippen LogP contribution < -0.4 is 10.6 Å². The molecule has 1 aromatic carbocycles. The summed E-state index contributed by atoms with van der Waals surface area (Å²) in [4.78, 5) is 26.3. The second-order valence-corrected chi connectivity index (χ2v) is 8.09. The predicted molar refractivity (Wildman–Crippen MR) is 111 cm³/mol. The lowest BCUT2D eigenvalue weighted by molar-refractivity contribution is -0.132. The highest BCUT2D eigenvalue weighted by atomic mass is 35.5. The number of aromatic nitrogens is 2. The van der Waals surface area contributed by atoms with Crippen molar-refractivity contribution in [3.8, 4) is 0 Å². The van der Waals surface area contributed by atoms with Gasteiger partial charge in [-0.05, 0) is 36.5 Å². The molecule has 2 unspecified atom stereocenters. The van der Waals surface area contributed by atoms with Crippen molar-refractivity contribution < 1.29 is 4.79 Å². The van der Waals surface area contributed by atoms with Gasteiger partial charge in [0.1, 0.15) is 12.1 Å². The third kappa shape index (κ3) is 3.59. The number of anilines is 1. The molecule has 6 nitrogen and oxygen atoms in total. The Bertz CT molecular complexity index is 848. The fraction of sp³-hybridized carbons (Fsp3) is 0.476. The SMILES string of the molecule is CC1CCc2ncnc(N3CCN(C(=O)C(CN)c4ccc(Cl)cc4)CC3)c21. The van der Waals surface area contributed by atoms with Crippen molar-refractivity contribution in [2.45, 2.75) is 31.6 Å². The van der Waals surface area contributed by atoms with Crippen LogP contribution in [0.4, 0.5) is 5.82 Å². The molecule has 2 N–H and O–H groups in total. The van der Waals surface area contributed by atoms with Gasteiger partial charge < -0.3 is 15.5 Å². The number of fused-ring (bicyclic) bond motifs is 1. The van der Waals surface area contributed by atoms with E-state index in [1.165, 1.54) is 11.3 Å². The largest absolute Gasteiger partial charge is 0.353 e. The molecule has 1 saturated heterocycles. The summed E-state index contributed by atoms with van der Waals surface area (Å²) in [5.41, 5.74) is 9.33. The van der Waals surface area contributed by atoms with E-state index < -0.39 is 0 Å². The molecule has 2 aromatic rings. The Hall–Kier alpha value is -2.18. The highest BCUT2D eigenvalue weighted by Gasteiger charge is 2.31. The Morgan fingerprint density at radius 3 is 2.61 bits per heavy atom. The Morgan fingerprint density at radius 1 is 1.21 bits per heavy atom. The van der Waals surface area contributed by atoms with Gasteiger partial charge in [-0.25, -0.2) is 9.97 Å². The second kappa shape index (κ2) is 8.05. The molecule has 4 rings (SSSR count). The van der Waals surface area contributed by atoms with Gasteiger partial charge in [-0.15, -0.1) is 0 Å². The first-order valence-electron chi connectivity index (χ1n) is 9.91. The van der Waals surface area contributed by atoms with E-state index in [1.807, 2.05) is 29.2 Å². The van der Waals surface area contributed by atoms with Gasteiger partial charge in [0, 0.05) is 49.0 Å². The van der Waals surface area contributed by atoms with E-state index in [9.17, 15) is 4.79 Å². The van der Waals surface area contributed by atoms with Crippen molar-refractivity contribution in [1.29, 1.82) is 0 Å². The van der Waals surface area contributed by atoms with Crippen LogP contribution >= 0.6 is 11.6 Å². The molecule has 2 atom stereocenters. The minimum absolute atomic E-state index is 0.0887. The topological polar surface area (TPSA) is 75.4 Å². The Balaban J connectivity index is 1.45. The average Bonchev–Trinajstić information content (AvgIpc) is 3.11. The second-order valence-electron chi connectivity index (χ2n) is 7.65. The van der Waals surface area contributed by atoms with Crippen LogP contribution in [-0.2, 0) is 11.2 Å². The van der Waals surface area contributed by atoms with Gasteiger partial charge in [0.15, 0.2) is 0 Å². The number of rotatable bonds is 4. The lowest BCUT2D eigenvalue weighted by atomic mass is 9.97. The standard InChI is InChI=1S/C21H26ClN5O/c1-14-2-7-18-19(14)20(25-13-24-18)26-8-10-27(11-9-26)21(28)17(12-23)15-3-5-16(22)6-4-15/h3-6,13-14,17H,2,7-12,23H2,1H3. The van der Waals surface area contributed by atoms with Gasteiger partial charge in [0.2, 0.25) is 5.91 Å². The summed E-state index contributed by atoms with van der Waals surface area (Å²) in [6, 6.07) is 7.39. The first kappa shape index (κ1) is 19.2. The van der Waals surface area contributed by atoms with Crippen LogP contribution in [0.2, 0.25) is 5.02 Å². The Labute approximate surface area is 170 Å². The van der Waals surface area contributed by atoms with Gasteiger partial charge in [-0.1, -0.05) is 30.7 Å². The van der Waals surface area contributed by atoms with Crippen molar-refractivity contribution in [2.75, 3.05) is 37.6 Å². The number of benzene rings is 1. The molecule has 1 aliphatic heterocycles. The lowest BCUT2D eigenvalue weighted by Crippen LogP contribution is -2.51. The normalized spacial score (nSPS) is 20.2. The molecule has 1 aliphatic carbocycles. The minimum atomic E-state index is -0.327. The summed E-state index contributed by atoms with van der Waals surface area (Å²) in [7, 11) is 0. The van der Waals surface area contributed by atoms with E-state index in [0.717, 1.165) is 37.3 Å². The number of amides is 1. The molecule has 148 valence electrons. The summed E-state index contributed by atoms with van der Waals surface area (Å²) in [6.45, 7) is 5.44. The van der Waals surface area contributed by atoms with E-state index in [-0.39, 0.29) is 18.4 Å². The molecule has 7 heteroatoms. The maximum absolute atomic E-state index is 13.1. The Kier molecular flexibility index (Phi) is 5.51. The van der Waals surface area contributed by atoms with E-state index in [4.69, 9.17) is 17.3 Å². The quantitative estimate of drug-likeness (QED) is 0.855. The van der Waals surface area contributed by atoms with E-state index >= 15 is 0 Å². The van der Waals surface area contributed by atoms with Crippen molar-refractivity contribution >= 4 is 23.3 Å². The Morgan fingerprint density at radius 2 is 1.93 bits per heavy atom. The van der Waals surface area contributed by atoms with E-state index in [1.54, 1.807) is 6.33 Å². The minimum Gasteiger partial charge on any atom is -0.353 e. The van der Waals surface area contributed by atoms with Gasteiger partial charge in [-0.2, -0.15) is 0 Å². The monoisotopic (exact) mass is 399 g/mol. The number of halogens is 1. The molecule has 0 spiro atoms. The predicted octanol–water partition coefficient (Wildman–Crippen LogP) is 2.57. The zero-order valence-electron chi connectivity index (χ0n) is 16.1. The van der Waals surface area contributed by atoms with Gasteiger partial charge >= 0.3 is 0 Å². The summed E-state index contributed by atoms with van der Waals surface area (Å²) < 4.78 is 0. The molecule has 0 bridgehead atoms. The van der Waals surface area contributed by atoms with Crippen LogP contribution in [0.3, 0.4) is 0 Å². The number of carbonyl (C=O) groups is 1. The molecular formula is C21H26ClN5O. The third-order valence-corrected chi connectivity index (χ3v) is 6.20. The fourth-order valence-corrected chi connectivity index (χ4v) is 4.43. The molecule has 1 fully saturated rings. The first-order chi connectivity index (χ1) is 13.6. The van der Waals surface area contributed by atoms with Crippen molar-refractivity contribution in [1.82, 2.24) is 14.9 Å². The first-order valence-corrected chi connectivity index (χ1v) is 10.3. The summed E-state index contributed by atoms with van der Waals surface area (Å²) in [6.07, 6.45) is 3.84. The van der Waals surface area contributed by atoms with Crippen LogP contribution in [0.1, 0.15) is 42.0 Å². The summed E-state index contributed by atoms with van der Waals surface area (Å²) in [5.74, 6) is 1.31. The van der Waals surface area contributed by atoms with Crippen LogP contribution in [0, 0.1) is 0 Å². The third-order valence-electron chi connectivity index (χ3n) is 5.95. The molecule has 0 radical (unpaired) electrons. The fourth-order valence-electron chi connectivity index (χ4n) is 4.31. The number of hydrogen-bond acceptors (Lipinski definition) is 5. The van der Waals surface area contributed by atoms with Crippen molar-refractivity contribution in [3.05, 3.63) is 52.4 Å². The van der Waals surface area contributed by atoms with Crippen molar-refractivity contribution in [3.63, 3.8) is 0 Å². The molecule has 1 aromatic heterocycles. The van der Waals surface area contributed by atoms with Gasteiger partial charge in [0.25, 0.3) is 0 Å². The zero-order chi connectivity index (χ0) is 19.7. The van der Waals surface area contributed by atoms with Crippen LogP contribution in [0.15, 0.2) is 30.6 Å². The maximum Gasteiger partial charge on any atom is 0.231 e. The zero-order valence-corrected chi connectivity index (χ0v) is 16.9. The number of aryl methyl sites for hydroxylation is 1. The van der Waals surface area contributed by atoms with Crippen molar-refractivity contribution in [2.24, 2.45) is 5.73 Å². The maximum atomic E-state index is 13.1. The number of nitrogens with two attached hydrogens (primary N) is 1. The van der Waals surface area contributed by atoms with Gasteiger partial charge in [0.05, 0.1) is 5.92 Å². The van der Waals surface area contributed by atoms with Crippen LogP contribution in [-0.4, -0.2) is 53.5 Å². The van der Waals surface area contributed by atoms with E-state index in [2.05, 4.69) is 21.8 Å². The molecule has 2 aliphatic rings. The average molecular weight is 400 g/mol. The highest BCUT2D eigenvalue weighted by Crippen LogP contribution is 2.37. The number of nitrogens with zero attached hydrogens (tertiary/aromatic N) is 4. The van der Waals surface area contributed by atoms with Crippen LogP contribution in [0.25, 0.3) is 0 Å².